The van der Waals surface area contributed by atoms with Gasteiger partial charge in [0.15, 0.2) is 11.6 Å². The second kappa shape index (κ2) is 11.7. The number of amides is 1. The van der Waals surface area contributed by atoms with E-state index in [1.807, 2.05) is 4.90 Å². The Labute approximate surface area is 232 Å². The third kappa shape index (κ3) is 6.23. The lowest BCUT2D eigenvalue weighted by atomic mass is 10.0. The number of nitrogens with zero attached hydrogens (tertiary/aromatic N) is 3. The van der Waals surface area contributed by atoms with Gasteiger partial charge in [0.05, 0.1) is 29.4 Å². The Hall–Kier alpha value is -4.29. The van der Waals surface area contributed by atoms with Crippen LogP contribution in [0.3, 0.4) is 0 Å². The summed E-state index contributed by atoms with van der Waals surface area (Å²) in [5, 5.41) is 2.48. The summed E-state index contributed by atoms with van der Waals surface area (Å²) in [6.07, 6.45) is -3.22. The molecule has 0 bridgehead atoms. The molecule has 3 aromatic carbocycles. The Kier molecular flexibility index (Phi) is 8.04. The summed E-state index contributed by atoms with van der Waals surface area (Å²) >= 11 is 0. The number of alkyl halides is 3. The van der Waals surface area contributed by atoms with Crippen molar-refractivity contribution < 1.29 is 31.8 Å². The molecule has 1 N–H and O–H groups in total. The number of fused-ring (bicyclic) bond motifs is 1. The van der Waals surface area contributed by atoms with Gasteiger partial charge in [0.1, 0.15) is 11.8 Å². The lowest BCUT2D eigenvalue weighted by molar-refractivity contribution is -0.274. The van der Waals surface area contributed by atoms with E-state index in [9.17, 15) is 22.8 Å². The van der Waals surface area contributed by atoms with E-state index >= 15 is 4.39 Å². The van der Waals surface area contributed by atoms with Gasteiger partial charge in [0.2, 0.25) is 5.91 Å². The number of rotatable bonds is 6. The highest BCUT2D eigenvalue weighted by Crippen LogP contribution is 2.33. The van der Waals surface area contributed by atoms with E-state index in [0.717, 1.165) is 17.0 Å². The molecule has 4 aromatic rings. The molecule has 5 rings (SSSR count). The molecule has 1 aliphatic heterocycles. The lowest BCUT2D eigenvalue weighted by Crippen LogP contribution is -2.43. The first-order chi connectivity index (χ1) is 19.6. The molecular weight excluding hydrogens is 544 g/mol. The van der Waals surface area contributed by atoms with Crippen molar-refractivity contribution >= 4 is 22.5 Å². The van der Waals surface area contributed by atoms with Crippen LogP contribution in [0.25, 0.3) is 27.7 Å². The smallest absolute Gasteiger partial charge is 0.404 e. The van der Waals surface area contributed by atoms with Gasteiger partial charge in [-0.25, -0.2) is 9.37 Å². The molecule has 2 heterocycles. The third-order valence-electron chi connectivity index (χ3n) is 6.86. The van der Waals surface area contributed by atoms with Crippen LogP contribution in [0.15, 0.2) is 71.8 Å². The number of halogens is 4. The zero-order valence-electron chi connectivity index (χ0n) is 22.0. The fraction of sp³-hybridized carbons (Fsp3) is 0.276. The largest absolute Gasteiger partial charge is 0.573 e. The first-order valence-corrected chi connectivity index (χ1v) is 12.9. The molecule has 8 nitrogen and oxygen atoms in total. The van der Waals surface area contributed by atoms with Crippen molar-refractivity contribution in [3.05, 3.63) is 83.2 Å². The topological polar surface area (TPSA) is 85.7 Å². The van der Waals surface area contributed by atoms with Gasteiger partial charge < -0.3 is 14.8 Å². The molecule has 1 aromatic heterocycles. The van der Waals surface area contributed by atoms with E-state index in [4.69, 9.17) is 4.74 Å². The summed E-state index contributed by atoms with van der Waals surface area (Å²) < 4.78 is 65.4. The highest BCUT2D eigenvalue weighted by Gasteiger charge is 2.33. The number of hydrogen-bond acceptors (Lipinski definition) is 6. The maximum Gasteiger partial charge on any atom is 0.573 e. The average molecular weight is 571 g/mol. The molecule has 1 amide bonds. The molecule has 0 radical (unpaired) electrons. The van der Waals surface area contributed by atoms with Gasteiger partial charge in [0.25, 0.3) is 5.56 Å². The van der Waals surface area contributed by atoms with Crippen molar-refractivity contribution in [2.24, 2.45) is 0 Å². The van der Waals surface area contributed by atoms with E-state index in [1.54, 1.807) is 37.3 Å². The number of aromatic nitrogens is 2. The van der Waals surface area contributed by atoms with E-state index in [2.05, 4.69) is 15.0 Å². The van der Waals surface area contributed by atoms with E-state index < -0.39 is 35.4 Å². The predicted octanol–water partition coefficient (Wildman–Crippen LogP) is 5.14. The van der Waals surface area contributed by atoms with Crippen LogP contribution < -0.4 is 15.6 Å². The van der Waals surface area contributed by atoms with Crippen LogP contribution in [0, 0.1) is 5.82 Å². The lowest BCUT2D eigenvalue weighted by Gasteiger charge is -2.26. The molecule has 12 heteroatoms. The first-order valence-electron chi connectivity index (χ1n) is 12.9. The highest BCUT2D eigenvalue weighted by molar-refractivity contribution is 5.96. The molecule has 1 saturated heterocycles. The summed E-state index contributed by atoms with van der Waals surface area (Å²) in [7, 11) is 0. The van der Waals surface area contributed by atoms with Gasteiger partial charge in [-0.05, 0) is 43.2 Å². The molecule has 0 aliphatic carbocycles. The van der Waals surface area contributed by atoms with Crippen molar-refractivity contribution in [3.8, 4) is 22.6 Å². The van der Waals surface area contributed by atoms with E-state index in [1.165, 1.54) is 24.3 Å². The second-order valence-electron chi connectivity index (χ2n) is 9.50. The Morgan fingerprint density at radius 2 is 1.85 bits per heavy atom. The van der Waals surface area contributed by atoms with E-state index in [0.29, 0.717) is 38.3 Å². The number of carbonyl (C=O) groups is 1. The van der Waals surface area contributed by atoms with Gasteiger partial charge >= 0.3 is 6.36 Å². The second-order valence-corrected chi connectivity index (χ2v) is 9.50. The Bertz CT molecular complexity index is 1620. The molecular formula is C29H26F4N4O4. The van der Waals surface area contributed by atoms with Crippen molar-refractivity contribution in [1.29, 1.82) is 0 Å². The number of anilines is 1. The minimum absolute atomic E-state index is 0.0251. The molecule has 1 unspecified atom stereocenters. The SMILES string of the molecule is CC(C(=O)Nc1cc(-n2cnc3c(F)c(-c4ccccc4)ccc3c2=O)ccc1OC(F)(F)F)N1CCCOCC1. The molecule has 41 heavy (non-hydrogen) atoms. The van der Waals surface area contributed by atoms with Crippen molar-refractivity contribution in [2.75, 3.05) is 31.6 Å². The van der Waals surface area contributed by atoms with Gasteiger partial charge in [-0.1, -0.05) is 36.4 Å². The number of ether oxygens (including phenoxy) is 2. The van der Waals surface area contributed by atoms with Crippen LogP contribution in [0.1, 0.15) is 13.3 Å². The fourth-order valence-corrected chi connectivity index (χ4v) is 4.72. The summed E-state index contributed by atoms with van der Waals surface area (Å²) in [4.78, 5) is 32.4. The number of benzene rings is 3. The average Bonchev–Trinajstić information content (AvgIpc) is 3.24. The van der Waals surface area contributed by atoms with Crippen molar-refractivity contribution in [3.63, 3.8) is 0 Å². The molecule has 0 spiro atoms. The van der Waals surface area contributed by atoms with Crippen LogP contribution in [-0.2, 0) is 9.53 Å². The Morgan fingerprint density at radius 3 is 2.61 bits per heavy atom. The van der Waals surface area contributed by atoms with Crippen LogP contribution in [0.2, 0.25) is 0 Å². The summed E-state index contributed by atoms with van der Waals surface area (Å²) in [5.41, 5.74) is -0.105. The van der Waals surface area contributed by atoms with Crippen LogP contribution in [0.5, 0.6) is 5.75 Å². The molecule has 1 atom stereocenters. The molecule has 214 valence electrons. The van der Waals surface area contributed by atoms with Crippen molar-refractivity contribution in [2.45, 2.75) is 25.7 Å². The molecule has 1 fully saturated rings. The van der Waals surface area contributed by atoms with Gasteiger partial charge in [-0.15, -0.1) is 13.2 Å². The van der Waals surface area contributed by atoms with E-state index in [-0.39, 0.29) is 27.8 Å². The minimum atomic E-state index is -5.02. The monoisotopic (exact) mass is 570 g/mol. The zero-order valence-corrected chi connectivity index (χ0v) is 22.0. The molecule has 0 saturated carbocycles. The fourth-order valence-electron chi connectivity index (χ4n) is 4.72. The maximum absolute atomic E-state index is 15.3. The van der Waals surface area contributed by atoms with Gasteiger partial charge in [-0.2, -0.15) is 0 Å². The first kappa shape index (κ1) is 28.2. The summed E-state index contributed by atoms with van der Waals surface area (Å²) in [6.45, 7) is 3.70. The van der Waals surface area contributed by atoms with Crippen LogP contribution in [0.4, 0.5) is 23.2 Å². The minimum Gasteiger partial charge on any atom is -0.404 e. The summed E-state index contributed by atoms with van der Waals surface area (Å²) in [6, 6.07) is 14.4. The Morgan fingerprint density at radius 1 is 1.07 bits per heavy atom. The quantitative estimate of drug-likeness (QED) is 0.323. The highest BCUT2D eigenvalue weighted by atomic mass is 19.4. The number of nitrogens with one attached hydrogen (secondary N) is 1. The predicted molar refractivity (Wildman–Crippen MR) is 145 cm³/mol. The van der Waals surface area contributed by atoms with Crippen LogP contribution >= 0.6 is 0 Å². The Balaban J connectivity index is 1.51. The zero-order chi connectivity index (χ0) is 29.1. The van der Waals surface area contributed by atoms with Gasteiger partial charge in [-0.3, -0.25) is 19.1 Å². The van der Waals surface area contributed by atoms with Crippen molar-refractivity contribution in [1.82, 2.24) is 14.5 Å². The summed E-state index contributed by atoms with van der Waals surface area (Å²) in [5.74, 6) is -1.88. The number of hydrogen-bond donors (Lipinski definition) is 1. The standard InChI is InChI=1S/C29H26F4N4O4/c1-18(36-12-5-14-40-15-13-36)27(38)35-23-16-20(8-11-24(23)41-29(31,32)33)37-17-34-26-22(28(37)39)10-9-21(25(26)30)19-6-3-2-4-7-19/h2-4,6-11,16-18H,5,12-15H2,1H3,(H,35,38). The normalized spacial score (nSPS) is 15.3. The molecule has 1 aliphatic rings. The maximum atomic E-state index is 15.3. The van der Waals surface area contributed by atoms with Crippen LogP contribution in [-0.4, -0.2) is 59.1 Å². The number of carbonyl (C=O) groups excluding carboxylic acids is 1. The van der Waals surface area contributed by atoms with Gasteiger partial charge in [0, 0.05) is 25.3 Å². The third-order valence-corrected chi connectivity index (χ3v) is 6.86.